The number of nitro groups is 1. The average Bonchev–Trinajstić information content (AvgIpc) is 2.10. The highest BCUT2D eigenvalue weighted by Crippen LogP contribution is 1.98. The maximum Gasteiger partial charge on any atom is 0.376 e. The van der Waals surface area contributed by atoms with Crippen LogP contribution in [0, 0.1) is 10.1 Å². The molecule has 0 aliphatic carbocycles. The first kappa shape index (κ1) is 12.5. The number of hydrogen-bond donors (Lipinski definition) is 2. The van der Waals surface area contributed by atoms with Crippen molar-refractivity contribution in [2.24, 2.45) is 0 Å². The lowest BCUT2D eigenvalue weighted by atomic mass is 10.3. The first-order valence-corrected chi connectivity index (χ1v) is 3.39. The molecule has 0 bridgehead atoms. The van der Waals surface area contributed by atoms with Crippen LogP contribution < -0.4 is 0 Å². The molecule has 0 atom stereocenters. The predicted octanol–water partition coefficient (Wildman–Crippen LogP) is -0.558. The van der Waals surface area contributed by atoms with Gasteiger partial charge in [0.05, 0.1) is 11.0 Å². The Morgan fingerprint density at radius 1 is 1.13 bits per heavy atom. The fourth-order valence-electron chi connectivity index (χ4n) is 0.514. The minimum atomic E-state index is -1.86. The molecule has 0 aromatic heterocycles. The van der Waals surface area contributed by atoms with Crippen LogP contribution in [0.5, 0.6) is 0 Å². The topological polar surface area (TPSA) is 135 Å². The van der Waals surface area contributed by atoms with E-state index in [1.807, 2.05) is 0 Å². The van der Waals surface area contributed by atoms with E-state index in [9.17, 15) is 24.5 Å². The van der Waals surface area contributed by atoms with E-state index < -0.39 is 28.3 Å². The maximum atomic E-state index is 10.5. The van der Waals surface area contributed by atoms with Gasteiger partial charge in [-0.3, -0.25) is 14.9 Å². The molecule has 0 radical (unpaired) electrons. The maximum absolute atomic E-state index is 10.5. The van der Waals surface area contributed by atoms with Crippen molar-refractivity contribution < 1.29 is 29.5 Å². The molecule has 0 amide bonds. The number of ketones is 1. The molecule has 80 valence electrons. The van der Waals surface area contributed by atoms with Crippen molar-refractivity contribution in [3.8, 4) is 0 Å². The summed E-state index contributed by atoms with van der Waals surface area (Å²) in [6, 6.07) is 0. The van der Waals surface area contributed by atoms with Crippen LogP contribution in [-0.2, 0) is 14.4 Å². The molecule has 0 heterocycles. The number of aliphatic carboxylic acids is 2. The summed E-state index contributed by atoms with van der Waals surface area (Å²) in [6.07, 6.45) is 1.16. The van der Waals surface area contributed by atoms with E-state index in [2.05, 4.69) is 0 Å². The van der Waals surface area contributed by atoms with Crippen molar-refractivity contribution in [1.82, 2.24) is 0 Å². The summed E-state index contributed by atoms with van der Waals surface area (Å²) in [5.74, 6) is -4.82. The van der Waals surface area contributed by atoms with E-state index in [1.54, 1.807) is 0 Å². The minimum absolute atomic E-state index is 0.224. The van der Waals surface area contributed by atoms with Crippen LogP contribution >= 0.6 is 0 Å². The first-order valence-electron chi connectivity index (χ1n) is 3.39. The van der Waals surface area contributed by atoms with E-state index in [0.717, 1.165) is 0 Å². The molecule has 0 saturated carbocycles. The largest absolute Gasteiger partial charge is 0.478 e. The van der Waals surface area contributed by atoms with Crippen LogP contribution in [0.25, 0.3) is 0 Å². The minimum Gasteiger partial charge on any atom is -0.478 e. The highest BCUT2D eigenvalue weighted by atomic mass is 16.6. The van der Waals surface area contributed by atoms with Gasteiger partial charge in [-0.2, -0.15) is 0 Å². The summed E-state index contributed by atoms with van der Waals surface area (Å²) in [7, 11) is 0. The van der Waals surface area contributed by atoms with Gasteiger partial charge in [-0.25, -0.2) is 9.59 Å². The molecule has 2 N–H and O–H groups in total. The van der Waals surface area contributed by atoms with Crippen molar-refractivity contribution in [3.05, 3.63) is 34.0 Å². The molecule has 0 fully saturated rings. The van der Waals surface area contributed by atoms with E-state index in [1.165, 1.54) is 0 Å². The van der Waals surface area contributed by atoms with E-state index >= 15 is 0 Å². The predicted molar refractivity (Wildman–Crippen MR) is 44.5 cm³/mol. The molecular formula is C7H5NO7. The SMILES string of the molecule is O=C(O)/C=C/C(=C\C(=O)C(=O)O)[N+](=O)[O-]. The summed E-state index contributed by atoms with van der Waals surface area (Å²) in [6.45, 7) is 0. The Hall–Kier alpha value is -2.51. The van der Waals surface area contributed by atoms with Crippen LogP contribution in [-0.4, -0.2) is 32.9 Å². The molecule has 0 aromatic rings. The van der Waals surface area contributed by atoms with Gasteiger partial charge in [-0.1, -0.05) is 0 Å². The smallest absolute Gasteiger partial charge is 0.376 e. The number of carbonyl (C=O) groups excluding carboxylic acids is 1. The molecule has 8 nitrogen and oxygen atoms in total. The summed E-state index contributed by atoms with van der Waals surface area (Å²) in [4.78, 5) is 39.7. The third kappa shape index (κ3) is 4.93. The monoisotopic (exact) mass is 215 g/mol. The summed E-state index contributed by atoms with van der Waals surface area (Å²) in [5.41, 5.74) is -0.912. The van der Waals surface area contributed by atoms with Crippen molar-refractivity contribution in [1.29, 1.82) is 0 Å². The summed E-state index contributed by atoms with van der Waals surface area (Å²) in [5, 5.41) is 26.5. The van der Waals surface area contributed by atoms with Gasteiger partial charge in [0.2, 0.25) is 0 Å². The number of allylic oxidation sites excluding steroid dienone is 1. The quantitative estimate of drug-likeness (QED) is 0.206. The van der Waals surface area contributed by atoms with Crippen LogP contribution in [0.2, 0.25) is 0 Å². The van der Waals surface area contributed by atoms with Crippen molar-refractivity contribution in [2.75, 3.05) is 0 Å². The average molecular weight is 215 g/mol. The molecule has 0 aliphatic rings. The van der Waals surface area contributed by atoms with E-state index in [4.69, 9.17) is 10.2 Å². The number of carboxylic acids is 2. The van der Waals surface area contributed by atoms with Crippen LogP contribution in [0.3, 0.4) is 0 Å². The molecule has 8 heteroatoms. The van der Waals surface area contributed by atoms with Crippen molar-refractivity contribution in [3.63, 3.8) is 0 Å². The molecule has 0 aliphatic heterocycles. The van der Waals surface area contributed by atoms with Gasteiger partial charge in [-0.15, -0.1) is 0 Å². The van der Waals surface area contributed by atoms with Crippen molar-refractivity contribution >= 4 is 17.7 Å². The van der Waals surface area contributed by atoms with Gasteiger partial charge in [0.15, 0.2) is 0 Å². The standard InChI is InChI=1S/C7H5NO7/c9-5(7(12)13)3-4(8(14)15)1-2-6(10)11/h1-3H,(H,10,11)(H,12,13)/b2-1+,4-3+. The zero-order valence-electron chi connectivity index (χ0n) is 7.11. The molecule has 0 spiro atoms. The van der Waals surface area contributed by atoms with Gasteiger partial charge < -0.3 is 10.2 Å². The second-order valence-corrected chi connectivity index (χ2v) is 2.17. The Balaban J connectivity index is 4.98. The van der Waals surface area contributed by atoms with Crippen LogP contribution in [0.15, 0.2) is 23.9 Å². The molecule has 0 unspecified atom stereocenters. The number of carbonyl (C=O) groups is 3. The van der Waals surface area contributed by atoms with Crippen molar-refractivity contribution in [2.45, 2.75) is 0 Å². The lowest BCUT2D eigenvalue weighted by Crippen LogP contribution is -2.11. The third-order valence-corrected chi connectivity index (χ3v) is 1.10. The summed E-state index contributed by atoms with van der Waals surface area (Å²) >= 11 is 0. The zero-order chi connectivity index (χ0) is 12.0. The van der Waals surface area contributed by atoms with Gasteiger partial charge in [-0.05, 0) is 0 Å². The zero-order valence-corrected chi connectivity index (χ0v) is 7.11. The second kappa shape index (κ2) is 5.27. The fourth-order valence-corrected chi connectivity index (χ4v) is 0.514. The number of hydrogen-bond acceptors (Lipinski definition) is 5. The normalized spacial score (nSPS) is 11.3. The van der Waals surface area contributed by atoms with Gasteiger partial charge >= 0.3 is 11.9 Å². The lowest BCUT2D eigenvalue weighted by Gasteiger charge is -1.89. The molecule has 0 rings (SSSR count). The van der Waals surface area contributed by atoms with E-state index in [0.29, 0.717) is 12.2 Å². The second-order valence-electron chi connectivity index (χ2n) is 2.17. The molecule has 0 saturated heterocycles. The van der Waals surface area contributed by atoms with Gasteiger partial charge in [0.1, 0.15) is 0 Å². The van der Waals surface area contributed by atoms with Crippen LogP contribution in [0.4, 0.5) is 0 Å². The Labute approximate surface area is 82.3 Å². The first-order chi connectivity index (χ1) is 6.84. The number of nitrogens with zero attached hydrogens (tertiary/aromatic N) is 1. The Morgan fingerprint density at radius 2 is 1.67 bits per heavy atom. The highest BCUT2D eigenvalue weighted by molar-refractivity contribution is 6.37. The molecule has 0 aromatic carbocycles. The molecular weight excluding hydrogens is 210 g/mol. The van der Waals surface area contributed by atoms with E-state index in [-0.39, 0.29) is 6.08 Å². The number of rotatable bonds is 5. The lowest BCUT2D eigenvalue weighted by molar-refractivity contribution is -0.418. The van der Waals surface area contributed by atoms with Crippen LogP contribution in [0.1, 0.15) is 0 Å². The molecule has 15 heavy (non-hydrogen) atoms. The Kier molecular flexibility index (Phi) is 4.39. The Morgan fingerprint density at radius 3 is 2.00 bits per heavy atom. The summed E-state index contributed by atoms with van der Waals surface area (Å²) < 4.78 is 0. The fraction of sp³-hybridized carbons (Fsp3) is 0. The van der Waals surface area contributed by atoms with Gasteiger partial charge in [0.25, 0.3) is 11.5 Å². The third-order valence-electron chi connectivity index (χ3n) is 1.10. The highest BCUT2D eigenvalue weighted by Gasteiger charge is 2.15. The number of carboxylic acid groups (broad SMARTS) is 2. The van der Waals surface area contributed by atoms with Gasteiger partial charge in [0, 0.05) is 12.2 Å². The Bertz CT molecular complexity index is 379.